The number of hydrogen-bond donors (Lipinski definition) is 1. The second-order valence-electron chi connectivity index (χ2n) is 3.64. The van der Waals surface area contributed by atoms with Gasteiger partial charge in [0.25, 0.3) is 5.91 Å². The summed E-state index contributed by atoms with van der Waals surface area (Å²) in [5.41, 5.74) is 1.24. The first kappa shape index (κ1) is 15.2. The molecule has 0 spiro atoms. The predicted octanol–water partition coefficient (Wildman–Crippen LogP) is 2.35. The molecule has 0 aliphatic heterocycles. The molecule has 0 aliphatic carbocycles. The van der Waals surface area contributed by atoms with Gasteiger partial charge in [-0.15, -0.1) is 0 Å². The number of aryl methyl sites for hydroxylation is 1. The summed E-state index contributed by atoms with van der Waals surface area (Å²) in [7, 11) is 1.31. The van der Waals surface area contributed by atoms with Gasteiger partial charge >= 0.3 is 5.97 Å². The Bertz CT molecular complexity index is 465. The van der Waals surface area contributed by atoms with E-state index in [0.717, 1.165) is 5.56 Å². The first-order valence-electron chi connectivity index (χ1n) is 5.22. The summed E-state index contributed by atoms with van der Waals surface area (Å²) in [5.74, 6) is -0.666. The number of methoxy groups -OCH3 is 1. The molecule has 18 heavy (non-hydrogen) atoms. The summed E-state index contributed by atoms with van der Waals surface area (Å²) in [6.45, 7) is 2.03. The third-order valence-corrected chi connectivity index (χ3v) is 3.79. The second-order valence-corrected chi connectivity index (χ2v) is 5.52. The Hall–Kier alpha value is -0.820. The maximum Gasteiger partial charge on any atom is 0.320 e. The highest BCUT2D eigenvalue weighted by Crippen LogP contribution is 2.20. The molecule has 1 amide bonds. The Morgan fingerprint density at radius 1 is 1.50 bits per heavy atom. The quantitative estimate of drug-likeness (QED) is 0.495. The van der Waals surface area contributed by atoms with Crippen molar-refractivity contribution in [2.75, 3.05) is 13.7 Å². The molecule has 0 bridgehead atoms. The third kappa shape index (κ3) is 3.84. The van der Waals surface area contributed by atoms with E-state index in [9.17, 15) is 9.59 Å². The van der Waals surface area contributed by atoms with Crippen LogP contribution >= 0.6 is 34.2 Å². The Balaban J connectivity index is 2.66. The highest BCUT2D eigenvalue weighted by Gasteiger charge is 2.17. The zero-order valence-electron chi connectivity index (χ0n) is 10.00. The number of benzene rings is 1. The molecular formula is C12H13ClINO3. The van der Waals surface area contributed by atoms with E-state index in [-0.39, 0.29) is 18.4 Å². The monoisotopic (exact) mass is 381 g/mol. The number of esters is 1. The van der Waals surface area contributed by atoms with Gasteiger partial charge in [-0.3, -0.25) is 9.59 Å². The Kier molecular flexibility index (Phi) is 5.87. The van der Waals surface area contributed by atoms with Crippen LogP contribution in [0.25, 0.3) is 0 Å². The van der Waals surface area contributed by atoms with Crippen LogP contribution in [0.15, 0.2) is 18.2 Å². The van der Waals surface area contributed by atoms with Crippen LogP contribution < -0.4 is 5.32 Å². The summed E-state index contributed by atoms with van der Waals surface area (Å²) in [6.07, 6.45) is 0. The molecular weight excluding hydrogens is 368 g/mol. The number of carbonyl (C=O) groups is 2. The van der Waals surface area contributed by atoms with E-state index >= 15 is 0 Å². The molecule has 0 fully saturated rings. The van der Waals surface area contributed by atoms with E-state index in [2.05, 4.69) is 10.1 Å². The average molecular weight is 382 g/mol. The van der Waals surface area contributed by atoms with Crippen LogP contribution in [0.1, 0.15) is 15.9 Å². The van der Waals surface area contributed by atoms with Crippen molar-refractivity contribution in [3.8, 4) is 0 Å². The Morgan fingerprint density at radius 3 is 2.78 bits per heavy atom. The summed E-state index contributed by atoms with van der Waals surface area (Å²) in [6, 6.07) is 5.23. The van der Waals surface area contributed by atoms with Crippen LogP contribution in [0.5, 0.6) is 0 Å². The average Bonchev–Trinajstić information content (AvgIpc) is 2.37. The first-order chi connectivity index (χ1) is 8.47. The second kappa shape index (κ2) is 6.94. The fourth-order valence-electron chi connectivity index (χ4n) is 1.31. The lowest BCUT2D eigenvalue weighted by Crippen LogP contribution is -2.34. The third-order valence-electron chi connectivity index (χ3n) is 2.34. The van der Waals surface area contributed by atoms with Crippen molar-refractivity contribution >= 4 is 46.1 Å². The van der Waals surface area contributed by atoms with Gasteiger partial charge in [0.05, 0.1) is 17.7 Å². The van der Waals surface area contributed by atoms with Crippen molar-refractivity contribution in [2.45, 2.75) is 10.8 Å². The molecule has 1 aromatic rings. The van der Waals surface area contributed by atoms with Crippen molar-refractivity contribution in [3.05, 3.63) is 34.3 Å². The largest absolute Gasteiger partial charge is 0.468 e. The van der Waals surface area contributed by atoms with Gasteiger partial charge in [-0.05, 0) is 18.6 Å². The SMILES string of the molecule is COC(=O)C(I)CNC(=O)c1cccc(C)c1Cl. The van der Waals surface area contributed by atoms with E-state index in [0.29, 0.717) is 10.6 Å². The lowest BCUT2D eigenvalue weighted by Gasteiger charge is -2.10. The molecule has 4 nitrogen and oxygen atoms in total. The first-order valence-corrected chi connectivity index (χ1v) is 6.85. The molecule has 0 radical (unpaired) electrons. The summed E-state index contributed by atoms with van der Waals surface area (Å²) in [5, 5.41) is 3.08. The normalized spacial score (nSPS) is 11.8. The molecule has 1 atom stereocenters. The number of amides is 1. The molecule has 6 heteroatoms. The van der Waals surface area contributed by atoms with Crippen LogP contribution in [0, 0.1) is 6.92 Å². The Morgan fingerprint density at radius 2 is 2.17 bits per heavy atom. The number of rotatable bonds is 4. The van der Waals surface area contributed by atoms with Crippen molar-refractivity contribution in [3.63, 3.8) is 0 Å². The van der Waals surface area contributed by atoms with Gasteiger partial charge in [0, 0.05) is 6.54 Å². The van der Waals surface area contributed by atoms with E-state index in [1.807, 2.05) is 35.6 Å². The van der Waals surface area contributed by atoms with Crippen LogP contribution in [0.3, 0.4) is 0 Å². The topological polar surface area (TPSA) is 55.4 Å². The van der Waals surface area contributed by atoms with Gasteiger partial charge in [-0.1, -0.05) is 46.3 Å². The van der Waals surface area contributed by atoms with Crippen molar-refractivity contribution in [2.24, 2.45) is 0 Å². The summed E-state index contributed by atoms with van der Waals surface area (Å²) < 4.78 is 4.15. The number of hydrogen-bond acceptors (Lipinski definition) is 3. The number of ether oxygens (including phenoxy) is 1. The van der Waals surface area contributed by atoms with Gasteiger partial charge in [0.15, 0.2) is 0 Å². The Labute approximate surface area is 124 Å². The van der Waals surface area contributed by atoms with Gasteiger partial charge in [0.1, 0.15) is 3.92 Å². The summed E-state index contributed by atoms with van der Waals surface area (Å²) >= 11 is 7.95. The molecule has 98 valence electrons. The molecule has 1 rings (SSSR count). The number of alkyl halides is 1. The lowest BCUT2D eigenvalue weighted by atomic mass is 10.1. The van der Waals surface area contributed by atoms with E-state index < -0.39 is 3.92 Å². The van der Waals surface area contributed by atoms with Crippen molar-refractivity contribution in [1.29, 1.82) is 0 Å². The highest BCUT2D eigenvalue weighted by atomic mass is 127. The fourth-order valence-corrected chi connectivity index (χ4v) is 2.00. The van der Waals surface area contributed by atoms with Gasteiger partial charge in [-0.25, -0.2) is 0 Å². The minimum Gasteiger partial charge on any atom is -0.468 e. The van der Waals surface area contributed by atoms with E-state index in [4.69, 9.17) is 11.6 Å². The van der Waals surface area contributed by atoms with Crippen LogP contribution in [0.2, 0.25) is 5.02 Å². The van der Waals surface area contributed by atoms with Gasteiger partial charge in [0.2, 0.25) is 0 Å². The predicted molar refractivity (Wildman–Crippen MR) is 78.3 cm³/mol. The fraction of sp³-hybridized carbons (Fsp3) is 0.333. The molecule has 0 saturated carbocycles. The molecule has 0 aliphatic rings. The molecule has 0 aromatic heterocycles. The van der Waals surface area contributed by atoms with Crippen LogP contribution in [-0.4, -0.2) is 29.5 Å². The zero-order chi connectivity index (χ0) is 13.7. The van der Waals surface area contributed by atoms with Crippen molar-refractivity contribution in [1.82, 2.24) is 5.32 Å². The van der Waals surface area contributed by atoms with E-state index in [1.54, 1.807) is 12.1 Å². The lowest BCUT2D eigenvalue weighted by molar-refractivity contribution is -0.139. The molecule has 1 N–H and O–H groups in total. The standard InChI is InChI=1S/C12H13ClINO3/c1-7-4-3-5-8(10(7)13)11(16)15-6-9(14)12(17)18-2/h3-5,9H,6H2,1-2H3,(H,15,16). The van der Waals surface area contributed by atoms with Gasteiger partial charge < -0.3 is 10.1 Å². The van der Waals surface area contributed by atoms with Crippen molar-refractivity contribution < 1.29 is 14.3 Å². The minimum absolute atomic E-state index is 0.205. The van der Waals surface area contributed by atoms with Gasteiger partial charge in [-0.2, -0.15) is 0 Å². The maximum absolute atomic E-state index is 11.9. The van der Waals surface area contributed by atoms with E-state index in [1.165, 1.54) is 7.11 Å². The number of nitrogens with one attached hydrogen (secondary N) is 1. The minimum atomic E-state index is -0.417. The maximum atomic E-state index is 11.9. The summed E-state index contributed by atoms with van der Waals surface area (Å²) in [4.78, 5) is 23.1. The zero-order valence-corrected chi connectivity index (χ0v) is 12.9. The molecule has 0 saturated heterocycles. The molecule has 0 heterocycles. The van der Waals surface area contributed by atoms with Crippen LogP contribution in [-0.2, 0) is 9.53 Å². The smallest absolute Gasteiger partial charge is 0.320 e. The van der Waals surface area contributed by atoms with Crippen LogP contribution in [0.4, 0.5) is 0 Å². The molecule has 1 unspecified atom stereocenters. The number of carbonyl (C=O) groups excluding carboxylic acids is 2. The number of halogens is 2. The highest BCUT2D eigenvalue weighted by molar-refractivity contribution is 14.1. The molecule has 1 aromatic carbocycles.